The molecule has 2 unspecified atom stereocenters. The number of allylic oxidation sites excluding steroid dienone is 4. The number of rotatable bonds is 2. The molecule has 1 N–H and O–H groups in total. The zero-order chi connectivity index (χ0) is 22.3. The average molecular weight is 442 g/mol. The SMILES string of the molecule is C[C@@H]1CC2C3C[C@H](F)C4=CC(=O)C=C[C@]4(C)[C@@]3(F)C(=O)C[C@]2(C)[C@@]1(O)C(=O)SCF. The summed E-state index contributed by atoms with van der Waals surface area (Å²) in [7, 11) is 0. The number of hydrogen-bond acceptors (Lipinski definition) is 5. The van der Waals surface area contributed by atoms with Gasteiger partial charge in [0.2, 0.25) is 5.12 Å². The summed E-state index contributed by atoms with van der Waals surface area (Å²) in [6.45, 7) is 4.64. The molecule has 0 bridgehead atoms. The van der Waals surface area contributed by atoms with E-state index in [-0.39, 0.29) is 18.4 Å². The highest BCUT2D eigenvalue weighted by molar-refractivity contribution is 8.13. The average Bonchev–Trinajstić information content (AvgIpc) is 2.88. The van der Waals surface area contributed by atoms with Crippen LogP contribution in [0.4, 0.5) is 13.2 Å². The second-order valence-electron chi connectivity index (χ2n) is 9.63. The van der Waals surface area contributed by atoms with Crippen LogP contribution in [0, 0.1) is 28.6 Å². The lowest BCUT2D eigenvalue weighted by atomic mass is 9.45. The van der Waals surface area contributed by atoms with Gasteiger partial charge < -0.3 is 5.11 Å². The molecule has 0 aliphatic heterocycles. The largest absolute Gasteiger partial charge is 0.380 e. The first kappa shape index (κ1) is 21.8. The second-order valence-corrected chi connectivity index (χ2v) is 10.5. The maximum absolute atomic E-state index is 16.8. The minimum absolute atomic E-state index is 0.0314. The summed E-state index contributed by atoms with van der Waals surface area (Å²) >= 11 is 0.341. The van der Waals surface area contributed by atoms with Gasteiger partial charge >= 0.3 is 0 Å². The summed E-state index contributed by atoms with van der Waals surface area (Å²) in [5, 5.41) is 10.7. The maximum atomic E-state index is 16.8. The Morgan fingerprint density at radius 2 is 1.93 bits per heavy atom. The van der Waals surface area contributed by atoms with Gasteiger partial charge in [-0.2, -0.15) is 0 Å². The number of alkyl halides is 3. The molecule has 4 nitrogen and oxygen atoms in total. The van der Waals surface area contributed by atoms with Crippen LogP contribution in [0.25, 0.3) is 0 Å². The Morgan fingerprint density at radius 3 is 2.57 bits per heavy atom. The van der Waals surface area contributed by atoms with Crippen LogP contribution in [0.2, 0.25) is 0 Å². The van der Waals surface area contributed by atoms with Crippen molar-refractivity contribution < 1.29 is 32.7 Å². The Labute approximate surface area is 177 Å². The molecule has 0 aromatic heterocycles. The fourth-order valence-corrected chi connectivity index (χ4v) is 7.62. The third kappa shape index (κ3) is 2.32. The van der Waals surface area contributed by atoms with Crippen molar-refractivity contribution >= 4 is 28.4 Å². The summed E-state index contributed by atoms with van der Waals surface area (Å²) in [5.41, 5.74) is -7.43. The van der Waals surface area contributed by atoms with E-state index in [9.17, 15) is 23.9 Å². The van der Waals surface area contributed by atoms with E-state index in [0.717, 1.165) is 12.2 Å². The van der Waals surface area contributed by atoms with E-state index in [1.54, 1.807) is 13.8 Å². The molecule has 30 heavy (non-hydrogen) atoms. The smallest absolute Gasteiger partial charge is 0.223 e. The van der Waals surface area contributed by atoms with Crippen molar-refractivity contribution in [1.82, 2.24) is 0 Å². The quantitative estimate of drug-likeness (QED) is 0.707. The zero-order valence-corrected chi connectivity index (χ0v) is 17.9. The van der Waals surface area contributed by atoms with Gasteiger partial charge in [-0.1, -0.05) is 31.7 Å². The predicted molar refractivity (Wildman–Crippen MR) is 106 cm³/mol. The number of halogens is 3. The van der Waals surface area contributed by atoms with Crippen LogP contribution in [-0.2, 0) is 14.4 Å². The molecule has 164 valence electrons. The molecule has 0 heterocycles. The van der Waals surface area contributed by atoms with Gasteiger partial charge in [-0.15, -0.1) is 0 Å². The predicted octanol–water partition coefficient (Wildman–Crippen LogP) is 3.68. The maximum Gasteiger partial charge on any atom is 0.223 e. The summed E-state index contributed by atoms with van der Waals surface area (Å²) in [5.74, 6) is -3.61. The molecule has 4 aliphatic rings. The molecule has 0 saturated heterocycles. The Hall–Kier alpha value is -1.41. The summed E-state index contributed by atoms with van der Waals surface area (Å²) in [4.78, 5) is 37.9. The van der Waals surface area contributed by atoms with Crippen molar-refractivity contribution in [3.63, 3.8) is 0 Å². The van der Waals surface area contributed by atoms with Crippen molar-refractivity contribution in [3.8, 4) is 0 Å². The Morgan fingerprint density at radius 1 is 1.27 bits per heavy atom. The Kier molecular flexibility index (Phi) is 4.76. The highest BCUT2D eigenvalue weighted by Crippen LogP contribution is 2.70. The van der Waals surface area contributed by atoms with Gasteiger partial charge in [-0.3, -0.25) is 14.4 Å². The standard InChI is InChI=1S/C22H25F3O4S/c1-11-6-13-14-8-16(24)15-7-12(26)4-5-19(15,2)21(14,25)17(27)9-20(13,3)22(11,29)18(28)30-10-23/h4-5,7,11,13-14,16,29H,6,8-10H2,1-3H3/t11-,13?,14?,16+,19+,20+,21+,22+/m1/s1. The number of carbonyl (C=O) groups is 3. The molecule has 0 aromatic rings. The molecular weight excluding hydrogens is 417 g/mol. The first-order chi connectivity index (χ1) is 13.9. The summed E-state index contributed by atoms with van der Waals surface area (Å²) in [6.07, 6.45) is 1.42. The summed E-state index contributed by atoms with van der Waals surface area (Å²) < 4.78 is 44.9. The second kappa shape index (κ2) is 6.55. The van der Waals surface area contributed by atoms with Crippen molar-refractivity contribution in [1.29, 1.82) is 0 Å². The molecular formula is C22H25F3O4S. The molecule has 0 spiro atoms. The molecule has 4 rings (SSSR count). The summed E-state index contributed by atoms with van der Waals surface area (Å²) in [6, 6.07) is -1.02. The van der Waals surface area contributed by atoms with Crippen molar-refractivity contribution in [2.75, 3.05) is 6.01 Å². The minimum Gasteiger partial charge on any atom is -0.380 e. The molecule has 0 amide bonds. The van der Waals surface area contributed by atoms with E-state index >= 15 is 8.78 Å². The lowest BCUT2D eigenvalue weighted by molar-refractivity contribution is -0.185. The minimum atomic E-state index is -2.45. The van der Waals surface area contributed by atoms with E-state index in [0.29, 0.717) is 11.8 Å². The van der Waals surface area contributed by atoms with Crippen LogP contribution < -0.4 is 0 Å². The van der Waals surface area contributed by atoms with Gasteiger partial charge in [-0.25, -0.2) is 13.2 Å². The molecule has 0 radical (unpaired) electrons. The highest BCUT2D eigenvalue weighted by Gasteiger charge is 2.76. The van der Waals surface area contributed by atoms with E-state index in [1.807, 2.05) is 0 Å². The van der Waals surface area contributed by atoms with Crippen LogP contribution in [0.5, 0.6) is 0 Å². The van der Waals surface area contributed by atoms with E-state index in [2.05, 4.69) is 0 Å². The third-order valence-corrected chi connectivity index (χ3v) is 9.15. The molecule has 4 aliphatic carbocycles. The Balaban J connectivity index is 1.85. The molecule has 3 fully saturated rings. The van der Waals surface area contributed by atoms with E-state index < -0.39 is 75.1 Å². The molecule has 8 atom stereocenters. The van der Waals surface area contributed by atoms with Crippen LogP contribution in [0.15, 0.2) is 23.8 Å². The number of thioether (sulfide) groups is 1. The van der Waals surface area contributed by atoms with Crippen molar-refractivity contribution in [2.24, 2.45) is 28.6 Å². The number of Topliss-reactive ketones (excluding diaryl/α,β-unsaturated/α-hetero) is 1. The number of aliphatic hydroxyl groups is 1. The lowest BCUT2D eigenvalue weighted by Crippen LogP contribution is -2.69. The van der Waals surface area contributed by atoms with E-state index in [1.165, 1.54) is 13.0 Å². The van der Waals surface area contributed by atoms with Crippen molar-refractivity contribution in [3.05, 3.63) is 23.8 Å². The number of ketones is 2. The van der Waals surface area contributed by atoms with Gasteiger partial charge in [0, 0.05) is 17.8 Å². The van der Waals surface area contributed by atoms with Crippen LogP contribution >= 0.6 is 11.8 Å². The number of fused-ring (bicyclic) bond motifs is 5. The van der Waals surface area contributed by atoms with Gasteiger partial charge in [0.15, 0.2) is 17.2 Å². The van der Waals surface area contributed by atoms with Crippen LogP contribution in [-0.4, -0.2) is 45.2 Å². The number of hydrogen-bond donors (Lipinski definition) is 1. The normalized spacial score (nSPS) is 49.9. The first-order valence-corrected chi connectivity index (χ1v) is 11.1. The van der Waals surface area contributed by atoms with Gasteiger partial charge in [0.05, 0.1) is 5.41 Å². The molecule has 8 heteroatoms. The van der Waals surface area contributed by atoms with Gasteiger partial charge in [0.25, 0.3) is 0 Å². The molecule has 0 aromatic carbocycles. The zero-order valence-electron chi connectivity index (χ0n) is 17.1. The first-order valence-electron chi connectivity index (χ1n) is 10.1. The van der Waals surface area contributed by atoms with Gasteiger partial charge in [-0.05, 0) is 49.3 Å². The molecule has 3 saturated carbocycles. The van der Waals surface area contributed by atoms with Crippen LogP contribution in [0.3, 0.4) is 0 Å². The fraction of sp³-hybridized carbons (Fsp3) is 0.682. The lowest BCUT2D eigenvalue weighted by Gasteiger charge is -2.60. The number of carbonyl (C=O) groups excluding carboxylic acids is 3. The van der Waals surface area contributed by atoms with Gasteiger partial charge in [0.1, 0.15) is 17.8 Å². The Bertz CT molecular complexity index is 903. The van der Waals surface area contributed by atoms with E-state index in [4.69, 9.17) is 0 Å². The van der Waals surface area contributed by atoms with Crippen LogP contribution in [0.1, 0.15) is 40.0 Å². The fourth-order valence-electron chi connectivity index (χ4n) is 6.87. The highest BCUT2D eigenvalue weighted by atomic mass is 32.2. The third-order valence-electron chi connectivity index (χ3n) is 8.47. The topological polar surface area (TPSA) is 71.4 Å². The van der Waals surface area contributed by atoms with Crippen molar-refractivity contribution in [2.45, 2.75) is 57.5 Å². The monoisotopic (exact) mass is 442 g/mol.